The Bertz CT molecular complexity index is 738. The Morgan fingerprint density at radius 3 is 2.71 bits per heavy atom. The summed E-state index contributed by atoms with van der Waals surface area (Å²) in [7, 11) is -0.0109. The molecule has 7 nitrogen and oxygen atoms in total. The molecule has 2 rings (SSSR count). The Hall–Kier alpha value is -2.32. The van der Waals surface area contributed by atoms with Gasteiger partial charge in [-0.2, -0.15) is 0 Å². The average molecular weight is 290 g/mol. The molecule has 1 aromatic heterocycles. The quantitative estimate of drug-likeness (QED) is 0.641. The van der Waals surface area contributed by atoms with Crippen molar-refractivity contribution < 1.29 is 14.8 Å². The molecule has 0 aliphatic heterocycles. The molecule has 0 amide bonds. The van der Waals surface area contributed by atoms with E-state index in [0.29, 0.717) is 11.2 Å². The lowest BCUT2D eigenvalue weighted by Crippen LogP contribution is -2.39. The fourth-order valence-corrected chi connectivity index (χ4v) is 1.84. The lowest BCUT2D eigenvalue weighted by Gasteiger charge is -2.09. The third kappa shape index (κ3) is 3.62. The average Bonchev–Trinajstić information content (AvgIpc) is 2.47. The van der Waals surface area contributed by atoms with Crippen LogP contribution in [0, 0.1) is 0 Å². The van der Waals surface area contributed by atoms with Gasteiger partial charge in [0, 0.05) is 19.3 Å². The van der Waals surface area contributed by atoms with E-state index in [2.05, 4.69) is 0 Å². The largest absolute Gasteiger partial charge is 0.492 e. The maximum absolute atomic E-state index is 11.8. The number of aryl methyl sites for hydroxylation is 1. The van der Waals surface area contributed by atoms with Crippen molar-refractivity contribution in [2.45, 2.75) is 6.54 Å². The van der Waals surface area contributed by atoms with Crippen LogP contribution in [0.25, 0.3) is 0 Å². The highest BCUT2D eigenvalue weighted by Crippen LogP contribution is 2.07. The number of hydrogen-bond acceptors (Lipinski definition) is 5. The summed E-state index contributed by atoms with van der Waals surface area (Å²) in [6, 6.07) is 7.62. The van der Waals surface area contributed by atoms with Crippen LogP contribution in [-0.2, 0) is 13.6 Å². The molecule has 1 heterocycles. The number of hydrogen-bond donors (Lipinski definition) is 2. The first-order chi connectivity index (χ1) is 9.99. The summed E-state index contributed by atoms with van der Waals surface area (Å²) in [5.41, 5.74) is -0.493. The van der Waals surface area contributed by atoms with Gasteiger partial charge in [-0.3, -0.25) is 9.36 Å². The molecule has 0 spiro atoms. The monoisotopic (exact) mass is 290 g/mol. The van der Waals surface area contributed by atoms with Gasteiger partial charge < -0.3 is 19.4 Å². The molecule has 0 saturated heterocycles. The zero-order chi connectivity index (χ0) is 15.4. The summed E-state index contributed by atoms with van der Waals surface area (Å²) in [5.74, 6) is 0.432. The minimum atomic E-state index is -1.57. The first-order valence-corrected chi connectivity index (χ1v) is 6.34. The normalized spacial score (nSPS) is 10.4. The van der Waals surface area contributed by atoms with Crippen LogP contribution in [-0.4, -0.2) is 32.9 Å². The van der Waals surface area contributed by atoms with Gasteiger partial charge in [0.25, 0.3) is 5.56 Å². The van der Waals surface area contributed by atoms with Gasteiger partial charge in [-0.25, -0.2) is 4.79 Å². The summed E-state index contributed by atoms with van der Waals surface area (Å²) in [6.07, 6.45) is 1.41. The van der Waals surface area contributed by atoms with E-state index in [-0.39, 0.29) is 18.7 Å². The van der Waals surface area contributed by atoms with Crippen molar-refractivity contribution in [1.82, 2.24) is 9.13 Å². The van der Waals surface area contributed by atoms with Crippen LogP contribution in [0.15, 0.2) is 46.1 Å². The van der Waals surface area contributed by atoms with E-state index in [0.717, 1.165) is 4.57 Å². The van der Waals surface area contributed by atoms with Crippen LogP contribution in [0.4, 0.5) is 0 Å². The predicted molar refractivity (Wildman–Crippen MR) is 77.7 cm³/mol. The minimum absolute atomic E-state index is 0.109. The first-order valence-electron chi connectivity index (χ1n) is 6.34. The van der Waals surface area contributed by atoms with Crippen molar-refractivity contribution >= 4 is 12.6 Å². The van der Waals surface area contributed by atoms with Crippen LogP contribution in [0.3, 0.4) is 0 Å². The molecule has 0 unspecified atom stereocenters. The van der Waals surface area contributed by atoms with E-state index >= 15 is 0 Å². The maximum atomic E-state index is 11.8. The van der Waals surface area contributed by atoms with Crippen molar-refractivity contribution in [2.75, 3.05) is 6.61 Å². The summed E-state index contributed by atoms with van der Waals surface area (Å²) in [5, 5.41) is 18.1. The maximum Gasteiger partial charge on any atom is 0.488 e. The van der Waals surface area contributed by atoms with E-state index in [4.69, 9.17) is 14.8 Å². The molecular weight excluding hydrogens is 275 g/mol. The molecule has 1 aromatic carbocycles. The van der Waals surface area contributed by atoms with Crippen LogP contribution >= 0.6 is 0 Å². The molecule has 0 saturated carbocycles. The Labute approximate surface area is 120 Å². The third-order valence-electron chi connectivity index (χ3n) is 2.98. The van der Waals surface area contributed by atoms with Gasteiger partial charge in [0.15, 0.2) is 0 Å². The molecule has 110 valence electrons. The van der Waals surface area contributed by atoms with E-state index in [1.54, 1.807) is 25.2 Å². The molecule has 2 aromatic rings. The van der Waals surface area contributed by atoms with Crippen molar-refractivity contribution in [2.24, 2.45) is 7.05 Å². The minimum Gasteiger partial charge on any atom is -0.492 e. The predicted octanol–water partition coefficient (Wildman–Crippen LogP) is -1.69. The Morgan fingerprint density at radius 2 is 2.00 bits per heavy atom. The van der Waals surface area contributed by atoms with Crippen molar-refractivity contribution in [3.8, 4) is 5.75 Å². The van der Waals surface area contributed by atoms with E-state index in [1.807, 2.05) is 0 Å². The first kappa shape index (κ1) is 15.1. The smallest absolute Gasteiger partial charge is 0.488 e. The van der Waals surface area contributed by atoms with Crippen molar-refractivity contribution in [3.63, 3.8) is 0 Å². The van der Waals surface area contributed by atoms with Gasteiger partial charge in [-0.05, 0) is 17.6 Å². The molecule has 0 aliphatic rings. The van der Waals surface area contributed by atoms with E-state index in [9.17, 15) is 9.59 Å². The molecule has 2 N–H and O–H groups in total. The molecule has 0 aliphatic carbocycles. The molecule has 0 bridgehead atoms. The third-order valence-corrected chi connectivity index (χ3v) is 2.98. The second-order valence-electron chi connectivity index (χ2n) is 4.49. The number of rotatable bonds is 5. The Kier molecular flexibility index (Phi) is 4.61. The van der Waals surface area contributed by atoms with Gasteiger partial charge >= 0.3 is 12.8 Å². The molecule has 0 atom stereocenters. The number of aromatic nitrogens is 2. The number of benzene rings is 1. The lowest BCUT2D eigenvalue weighted by atomic mass is 9.80. The molecular formula is C13H15BN2O5. The summed E-state index contributed by atoms with van der Waals surface area (Å²) >= 11 is 0. The van der Waals surface area contributed by atoms with Gasteiger partial charge in [0.2, 0.25) is 0 Å². The highest BCUT2D eigenvalue weighted by atomic mass is 16.5. The molecule has 0 fully saturated rings. The zero-order valence-corrected chi connectivity index (χ0v) is 11.5. The second kappa shape index (κ2) is 6.42. The van der Waals surface area contributed by atoms with Gasteiger partial charge in [-0.1, -0.05) is 12.1 Å². The lowest BCUT2D eigenvalue weighted by molar-refractivity contribution is 0.292. The summed E-state index contributed by atoms with van der Waals surface area (Å²) < 4.78 is 7.80. The second-order valence-corrected chi connectivity index (χ2v) is 4.49. The Balaban J connectivity index is 2.06. The van der Waals surface area contributed by atoms with Crippen LogP contribution in [0.5, 0.6) is 5.75 Å². The molecule has 8 heteroatoms. The van der Waals surface area contributed by atoms with Crippen molar-refractivity contribution in [1.29, 1.82) is 0 Å². The zero-order valence-electron chi connectivity index (χ0n) is 11.5. The van der Waals surface area contributed by atoms with Crippen LogP contribution < -0.4 is 21.4 Å². The highest BCUT2D eigenvalue weighted by Gasteiger charge is 2.11. The fourth-order valence-electron chi connectivity index (χ4n) is 1.84. The Morgan fingerprint density at radius 1 is 1.24 bits per heavy atom. The van der Waals surface area contributed by atoms with Gasteiger partial charge in [-0.15, -0.1) is 0 Å². The van der Waals surface area contributed by atoms with E-state index < -0.39 is 12.8 Å². The van der Waals surface area contributed by atoms with Crippen LogP contribution in [0.1, 0.15) is 0 Å². The SMILES string of the molecule is Cn1ccc(=O)n(CCOc2cccc(B(O)O)c2)c1=O. The molecule has 0 radical (unpaired) electrons. The standard InChI is InChI=1S/C13H15BN2O5/c1-15-6-5-12(17)16(13(15)18)7-8-21-11-4-2-3-10(9-11)14(19)20/h2-6,9,19-20H,7-8H2,1H3. The van der Waals surface area contributed by atoms with Gasteiger partial charge in [0.05, 0.1) is 6.54 Å². The van der Waals surface area contributed by atoms with E-state index in [1.165, 1.54) is 22.9 Å². The number of ether oxygens (including phenoxy) is 1. The molecule has 21 heavy (non-hydrogen) atoms. The topological polar surface area (TPSA) is 93.7 Å². The van der Waals surface area contributed by atoms with Crippen LogP contribution in [0.2, 0.25) is 0 Å². The summed E-state index contributed by atoms with van der Waals surface area (Å²) in [6.45, 7) is 0.225. The summed E-state index contributed by atoms with van der Waals surface area (Å²) in [4.78, 5) is 23.4. The van der Waals surface area contributed by atoms with Crippen molar-refractivity contribution in [3.05, 3.63) is 57.4 Å². The number of nitrogens with zero attached hydrogens (tertiary/aromatic N) is 2. The fraction of sp³-hybridized carbons (Fsp3) is 0.231. The highest BCUT2D eigenvalue weighted by molar-refractivity contribution is 6.58. The van der Waals surface area contributed by atoms with Gasteiger partial charge in [0.1, 0.15) is 12.4 Å².